The molecule has 6 heteroatoms. The molecule has 0 bridgehead atoms. The van der Waals surface area contributed by atoms with Gasteiger partial charge in [0, 0.05) is 22.8 Å². The molecule has 0 spiro atoms. The average Bonchev–Trinajstić information content (AvgIpc) is 3.15. The van der Waals surface area contributed by atoms with E-state index in [0.717, 1.165) is 28.0 Å². The number of rotatable bonds is 6. The smallest absolute Gasteiger partial charge is 0.336 e. The number of fused-ring (bicyclic) bond motifs is 1. The van der Waals surface area contributed by atoms with E-state index in [9.17, 15) is 5.11 Å². The molecule has 0 aliphatic carbocycles. The molecule has 0 aliphatic rings. The number of nitrogens with zero attached hydrogens (tertiary/aromatic N) is 3. The van der Waals surface area contributed by atoms with Gasteiger partial charge in [0.15, 0.2) is 5.65 Å². The molecule has 0 atom stereocenters. The molecule has 1 radical (unpaired) electrons. The van der Waals surface area contributed by atoms with Gasteiger partial charge in [-0.2, -0.15) is 5.10 Å². The molecule has 30 heavy (non-hydrogen) atoms. The summed E-state index contributed by atoms with van der Waals surface area (Å²) in [5, 5.41) is 15.0. The molecule has 0 amide bonds. The van der Waals surface area contributed by atoms with Crippen molar-refractivity contribution >= 4 is 18.6 Å². The highest BCUT2D eigenvalue weighted by atomic mass is 16.5. The molecule has 0 fully saturated rings. The van der Waals surface area contributed by atoms with E-state index >= 15 is 0 Å². The van der Waals surface area contributed by atoms with Crippen LogP contribution in [0.15, 0.2) is 72.9 Å². The van der Waals surface area contributed by atoms with Gasteiger partial charge >= 0.3 is 7.48 Å². The van der Waals surface area contributed by atoms with Crippen molar-refractivity contribution in [3.05, 3.63) is 72.9 Å². The molecule has 0 unspecified atom stereocenters. The lowest BCUT2D eigenvalue weighted by molar-refractivity contribution is -0.0893. The van der Waals surface area contributed by atoms with Crippen LogP contribution >= 0.6 is 0 Å². The van der Waals surface area contributed by atoms with Crippen LogP contribution in [0.1, 0.15) is 27.7 Å². The topological polar surface area (TPSA) is 59.7 Å². The molecular weight excluding hydrogens is 373 g/mol. The molecule has 4 aromatic rings. The quantitative estimate of drug-likeness (QED) is 0.501. The van der Waals surface area contributed by atoms with E-state index in [1.807, 2.05) is 66.9 Å². The zero-order valence-corrected chi connectivity index (χ0v) is 17.7. The standard InChI is InChI=1S/C24H25BN3O2/c1-23(2,29)24(3,4)30-25-19-16-26-28-21(18-13-9-6-10-14-18)15-20(27-22(19)28)17-11-7-5-8-12-17/h5-16,29H,1-4H3. The maximum absolute atomic E-state index is 10.4. The summed E-state index contributed by atoms with van der Waals surface area (Å²) in [6.45, 7) is 7.17. The summed E-state index contributed by atoms with van der Waals surface area (Å²) in [7, 11) is 1.64. The first-order valence-corrected chi connectivity index (χ1v) is 9.99. The molecule has 5 nitrogen and oxygen atoms in total. The summed E-state index contributed by atoms with van der Waals surface area (Å²) in [6, 6.07) is 22.3. The van der Waals surface area contributed by atoms with E-state index in [0.29, 0.717) is 5.65 Å². The Kier molecular flexibility index (Phi) is 5.22. The minimum Gasteiger partial charge on any atom is -0.426 e. The van der Waals surface area contributed by atoms with Crippen LogP contribution in [0.4, 0.5) is 0 Å². The van der Waals surface area contributed by atoms with Crippen molar-refractivity contribution in [2.45, 2.75) is 38.9 Å². The third kappa shape index (κ3) is 3.89. The summed E-state index contributed by atoms with van der Waals surface area (Å²) in [6.07, 6.45) is 1.74. The highest BCUT2D eigenvalue weighted by Gasteiger charge is 2.36. The van der Waals surface area contributed by atoms with E-state index in [1.165, 1.54) is 0 Å². The van der Waals surface area contributed by atoms with E-state index in [-0.39, 0.29) is 0 Å². The van der Waals surface area contributed by atoms with Crippen molar-refractivity contribution in [1.29, 1.82) is 0 Å². The monoisotopic (exact) mass is 398 g/mol. The Bertz CT molecular complexity index is 1150. The Balaban J connectivity index is 1.82. The second-order valence-corrected chi connectivity index (χ2v) is 8.40. The Morgan fingerprint density at radius 1 is 0.900 bits per heavy atom. The van der Waals surface area contributed by atoms with Crippen LogP contribution in [0.5, 0.6) is 0 Å². The predicted octanol–water partition coefficient (Wildman–Crippen LogP) is 3.87. The Labute approximate surface area is 177 Å². The van der Waals surface area contributed by atoms with Crippen LogP contribution in [0.2, 0.25) is 0 Å². The van der Waals surface area contributed by atoms with Gasteiger partial charge in [0.25, 0.3) is 0 Å². The van der Waals surface area contributed by atoms with Gasteiger partial charge in [-0.15, -0.1) is 0 Å². The van der Waals surface area contributed by atoms with Crippen LogP contribution in [-0.2, 0) is 4.65 Å². The van der Waals surface area contributed by atoms with E-state index < -0.39 is 11.2 Å². The summed E-state index contributed by atoms with van der Waals surface area (Å²) >= 11 is 0. The molecule has 2 heterocycles. The Hall–Kier alpha value is -2.96. The molecular formula is C24H25BN3O2. The van der Waals surface area contributed by atoms with Gasteiger partial charge in [0.05, 0.1) is 22.6 Å². The maximum atomic E-state index is 10.4. The minimum atomic E-state index is -1.01. The molecule has 4 rings (SSSR count). The largest absolute Gasteiger partial charge is 0.426 e. The van der Waals surface area contributed by atoms with Gasteiger partial charge in [-0.05, 0) is 33.8 Å². The van der Waals surface area contributed by atoms with Gasteiger partial charge in [-0.25, -0.2) is 9.50 Å². The number of hydrogen-bond donors (Lipinski definition) is 1. The molecule has 0 saturated heterocycles. The van der Waals surface area contributed by atoms with E-state index in [4.69, 9.17) is 9.64 Å². The van der Waals surface area contributed by atoms with Crippen molar-refractivity contribution in [3.63, 3.8) is 0 Å². The first-order valence-electron chi connectivity index (χ1n) is 9.99. The number of benzene rings is 2. The van der Waals surface area contributed by atoms with Crippen molar-refractivity contribution in [3.8, 4) is 22.5 Å². The Morgan fingerprint density at radius 3 is 2.10 bits per heavy atom. The average molecular weight is 398 g/mol. The van der Waals surface area contributed by atoms with Crippen LogP contribution in [0.3, 0.4) is 0 Å². The van der Waals surface area contributed by atoms with Crippen LogP contribution in [0, 0.1) is 0 Å². The second kappa shape index (κ2) is 7.71. The van der Waals surface area contributed by atoms with Gasteiger partial charge in [-0.3, -0.25) is 0 Å². The highest BCUT2D eigenvalue weighted by molar-refractivity contribution is 6.49. The SMILES string of the molecule is CC(C)(O)C(C)(C)O[B]c1cnn2c(-c3ccccc3)cc(-c3ccccc3)nc12. The van der Waals surface area contributed by atoms with Gasteiger partial charge in [0.2, 0.25) is 0 Å². The van der Waals surface area contributed by atoms with Crippen LogP contribution in [0.25, 0.3) is 28.2 Å². The normalized spacial score (nSPS) is 12.3. The number of hydrogen-bond acceptors (Lipinski definition) is 4. The number of aliphatic hydroxyl groups is 1. The molecule has 2 aromatic heterocycles. The molecule has 151 valence electrons. The zero-order valence-electron chi connectivity index (χ0n) is 17.7. The van der Waals surface area contributed by atoms with Crippen molar-refractivity contribution in [2.75, 3.05) is 0 Å². The summed E-state index contributed by atoms with van der Waals surface area (Å²) in [5.41, 5.74) is 3.55. The lowest BCUT2D eigenvalue weighted by Gasteiger charge is -2.37. The van der Waals surface area contributed by atoms with Crippen LogP contribution < -0.4 is 5.46 Å². The van der Waals surface area contributed by atoms with Gasteiger partial charge in [-0.1, -0.05) is 60.7 Å². The summed E-state index contributed by atoms with van der Waals surface area (Å²) in [4.78, 5) is 4.88. The fourth-order valence-electron chi connectivity index (χ4n) is 2.99. The summed E-state index contributed by atoms with van der Waals surface area (Å²) in [5.74, 6) is 0. The van der Waals surface area contributed by atoms with Gasteiger partial charge < -0.3 is 9.76 Å². The molecule has 0 aliphatic heterocycles. The predicted molar refractivity (Wildman–Crippen MR) is 121 cm³/mol. The first kappa shape index (κ1) is 20.3. The molecule has 0 saturated carbocycles. The van der Waals surface area contributed by atoms with Crippen molar-refractivity contribution in [1.82, 2.24) is 14.6 Å². The first-order chi connectivity index (χ1) is 14.3. The van der Waals surface area contributed by atoms with Crippen molar-refractivity contribution < 1.29 is 9.76 Å². The lowest BCUT2D eigenvalue weighted by atomic mass is 9.83. The third-order valence-corrected chi connectivity index (χ3v) is 5.59. The fourth-order valence-corrected chi connectivity index (χ4v) is 2.99. The highest BCUT2D eigenvalue weighted by Crippen LogP contribution is 2.27. The van der Waals surface area contributed by atoms with E-state index in [2.05, 4.69) is 23.3 Å². The van der Waals surface area contributed by atoms with Crippen molar-refractivity contribution in [2.24, 2.45) is 0 Å². The summed E-state index contributed by atoms with van der Waals surface area (Å²) < 4.78 is 7.80. The fraction of sp³-hybridized carbons (Fsp3) is 0.250. The lowest BCUT2D eigenvalue weighted by Crippen LogP contribution is -2.49. The minimum absolute atomic E-state index is 0.696. The zero-order chi connectivity index (χ0) is 21.4. The molecule has 2 aromatic carbocycles. The molecule has 1 N–H and O–H groups in total. The second-order valence-electron chi connectivity index (χ2n) is 8.40. The number of aromatic nitrogens is 3. The van der Waals surface area contributed by atoms with Gasteiger partial charge in [0.1, 0.15) is 0 Å². The van der Waals surface area contributed by atoms with Crippen LogP contribution in [-0.4, -0.2) is 38.4 Å². The Morgan fingerprint density at radius 2 is 1.50 bits per heavy atom. The van der Waals surface area contributed by atoms with E-state index in [1.54, 1.807) is 27.5 Å². The maximum Gasteiger partial charge on any atom is 0.336 e. The third-order valence-electron chi connectivity index (χ3n) is 5.59.